The molecule has 0 radical (unpaired) electrons. The van der Waals surface area contributed by atoms with Crippen molar-refractivity contribution in [3.63, 3.8) is 0 Å². The fourth-order valence-electron chi connectivity index (χ4n) is 3.09. The van der Waals surface area contributed by atoms with Crippen LogP contribution in [0.25, 0.3) is 0 Å². The molecular weight excluding hydrogens is 340 g/mol. The van der Waals surface area contributed by atoms with Crippen molar-refractivity contribution < 1.29 is 14.4 Å². The molecular formula is C22H24N2O3. The molecule has 1 aliphatic heterocycles. The third kappa shape index (κ3) is 3.92. The summed E-state index contributed by atoms with van der Waals surface area (Å²) >= 11 is 0. The van der Waals surface area contributed by atoms with Crippen molar-refractivity contribution in [2.45, 2.75) is 39.0 Å². The molecule has 0 aromatic heterocycles. The minimum absolute atomic E-state index is 0.107. The van der Waals surface area contributed by atoms with E-state index in [1.807, 2.05) is 0 Å². The topological polar surface area (TPSA) is 66.5 Å². The molecule has 1 N–H and O–H groups in total. The second-order valence-electron chi connectivity index (χ2n) is 7.92. The third-order valence-electron chi connectivity index (χ3n) is 4.83. The molecule has 0 fully saturated rings. The molecule has 0 saturated heterocycles. The van der Waals surface area contributed by atoms with E-state index in [9.17, 15) is 14.4 Å². The Labute approximate surface area is 159 Å². The normalized spacial score (nSPS) is 13.7. The molecule has 3 rings (SSSR count). The number of nitrogens with zero attached hydrogens (tertiary/aromatic N) is 1. The maximum absolute atomic E-state index is 12.2. The summed E-state index contributed by atoms with van der Waals surface area (Å²) in [6.07, 6.45) is 0.986. The molecule has 0 atom stereocenters. The Morgan fingerprint density at radius 2 is 1.59 bits per heavy atom. The number of fused-ring (bicyclic) bond motifs is 1. The van der Waals surface area contributed by atoms with E-state index < -0.39 is 0 Å². The molecule has 1 aliphatic rings. The second kappa shape index (κ2) is 6.99. The Kier molecular flexibility index (Phi) is 4.87. The van der Waals surface area contributed by atoms with Crippen molar-refractivity contribution in [2.24, 2.45) is 0 Å². The van der Waals surface area contributed by atoms with Gasteiger partial charge in [0.15, 0.2) is 0 Å². The summed E-state index contributed by atoms with van der Waals surface area (Å²) in [5.41, 5.74) is 3.71. The van der Waals surface area contributed by atoms with E-state index in [2.05, 4.69) is 50.4 Å². The van der Waals surface area contributed by atoms with Gasteiger partial charge in [-0.05, 0) is 41.2 Å². The average molecular weight is 364 g/mol. The predicted molar refractivity (Wildman–Crippen MR) is 105 cm³/mol. The highest BCUT2D eigenvalue weighted by atomic mass is 16.2. The van der Waals surface area contributed by atoms with Crippen molar-refractivity contribution in [3.8, 4) is 0 Å². The second-order valence-corrected chi connectivity index (χ2v) is 7.92. The molecule has 0 aliphatic carbocycles. The number of anilines is 1. The van der Waals surface area contributed by atoms with Crippen LogP contribution >= 0.6 is 0 Å². The van der Waals surface area contributed by atoms with Crippen LogP contribution in [-0.2, 0) is 16.6 Å². The Morgan fingerprint density at radius 1 is 0.963 bits per heavy atom. The Balaban J connectivity index is 1.61. The zero-order valence-electron chi connectivity index (χ0n) is 16.1. The monoisotopic (exact) mass is 364 g/mol. The van der Waals surface area contributed by atoms with Gasteiger partial charge < -0.3 is 5.32 Å². The number of rotatable bonds is 4. The highest BCUT2D eigenvalue weighted by molar-refractivity contribution is 6.21. The van der Waals surface area contributed by atoms with Gasteiger partial charge in [-0.1, -0.05) is 45.0 Å². The van der Waals surface area contributed by atoms with Crippen LogP contribution < -0.4 is 5.32 Å². The first-order valence-corrected chi connectivity index (χ1v) is 9.02. The van der Waals surface area contributed by atoms with E-state index in [1.165, 1.54) is 12.6 Å². The van der Waals surface area contributed by atoms with Crippen LogP contribution in [0, 0.1) is 0 Å². The number of nitrogens with one attached hydrogen (secondary N) is 1. The molecule has 1 heterocycles. The van der Waals surface area contributed by atoms with Gasteiger partial charge in [0.05, 0.1) is 11.1 Å². The standard InChI is InChI=1S/C22H24N2O3/c1-22(2,3)15-8-5-14(6-9-15)7-12-19(25)23-16-10-11-17-18(13-16)21(27)24(4)20(17)26/h5-6,8-11,13H,7,12H2,1-4H3,(H,23,25). The lowest BCUT2D eigenvalue weighted by Crippen LogP contribution is -2.24. The average Bonchev–Trinajstić information content (AvgIpc) is 2.84. The van der Waals surface area contributed by atoms with Crippen LogP contribution in [-0.4, -0.2) is 29.7 Å². The van der Waals surface area contributed by atoms with Crippen LogP contribution in [0.5, 0.6) is 0 Å². The predicted octanol–water partition coefficient (Wildman–Crippen LogP) is 3.78. The lowest BCUT2D eigenvalue weighted by atomic mass is 9.86. The van der Waals surface area contributed by atoms with Crippen molar-refractivity contribution in [1.82, 2.24) is 4.90 Å². The molecule has 2 aromatic rings. The molecule has 0 saturated carbocycles. The lowest BCUT2D eigenvalue weighted by Gasteiger charge is -2.19. The van der Waals surface area contributed by atoms with Gasteiger partial charge in [0.25, 0.3) is 11.8 Å². The van der Waals surface area contributed by atoms with Crippen LogP contribution in [0.15, 0.2) is 42.5 Å². The molecule has 0 spiro atoms. The highest BCUT2D eigenvalue weighted by Gasteiger charge is 2.32. The van der Waals surface area contributed by atoms with Crippen molar-refractivity contribution >= 4 is 23.4 Å². The Hall–Kier alpha value is -2.95. The number of carbonyl (C=O) groups excluding carboxylic acids is 3. The molecule has 5 nitrogen and oxygen atoms in total. The highest BCUT2D eigenvalue weighted by Crippen LogP contribution is 2.25. The van der Waals surface area contributed by atoms with E-state index >= 15 is 0 Å². The minimum atomic E-state index is -0.343. The van der Waals surface area contributed by atoms with E-state index in [4.69, 9.17) is 0 Å². The fourth-order valence-corrected chi connectivity index (χ4v) is 3.09. The number of amides is 3. The number of imide groups is 1. The fraction of sp³-hybridized carbons (Fsp3) is 0.318. The van der Waals surface area contributed by atoms with E-state index in [0.717, 1.165) is 10.5 Å². The van der Waals surface area contributed by atoms with Gasteiger partial charge in [-0.25, -0.2) is 0 Å². The number of hydrogen-bond donors (Lipinski definition) is 1. The van der Waals surface area contributed by atoms with Gasteiger partial charge in [0.2, 0.25) is 5.91 Å². The zero-order valence-corrected chi connectivity index (χ0v) is 16.1. The number of aryl methyl sites for hydroxylation is 1. The van der Waals surface area contributed by atoms with Crippen molar-refractivity contribution in [2.75, 3.05) is 12.4 Å². The molecule has 3 amide bonds. The SMILES string of the molecule is CN1C(=O)c2ccc(NC(=O)CCc3ccc(C(C)(C)C)cc3)cc2C1=O. The molecule has 5 heteroatoms. The summed E-state index contributed by atoms with van der Waals surface area (Å²) in [4.78, 5) is 37.3. The summed E-state index contributed by atoms with van der Waals surface area (Å²) in [6.45, 7) is 6.51. The van der Waals surface area contributed by atoms with Crippen LogP contribution in [0.2, 0.25) is 0 Å². The summed E-state index contributed by atoms with van der Waals surface area (Å²) in [5.74, 6) is -0.781. The number of carbonyl (C=O) groups is 3. The zero-order chi connectivity index (χ0) is 19.8. The van der Waals surface area contributed by atoms with E-state index in [-0.39, 0.29) is 23.1 Å². The van der Waals surface area contributed by atoms with Crippen molar-refractivity contribution in [3.05, 3.63) is 64.7 Å². The van der Waals surface area contributed by atoms with Gasteiger partial charge in [-0.15, -0.1) is 0 Å². The van der Waals surface area contributed by atoms with E-state index in [0.29, 0.717) is 29.7 Å². The summed E-state index contributed by atoms with van der Waals surface area (Å²) in [7, 11) is 1.45. The lowest BCUT2D eigenvalue weighted by molar-refractivity contribution is -0.116. The number of benzene rings is 2. The first-order valence-electron chi connectivity index (χ1n) is 9.02. The third-order valence-corrected chi connectivity index (χ3v) is 4.83. The summed E-state index contributed by atoms with van der Waals surface area (Å²) in [5, 5.41) is 2.81. The summed E-state index contributed by atoms with van der Waals surface area (Å²) in [6, 6.07) is 13.1. The maximum Gasteiger partial charge on any atom is 0.261 e. The van der Waals surface area contributed by atoms with Crippen molar-refractivity contribution in [1.29, 1.82) is 0 Å². The van der Waals surface area contributed by atoms with Gasteiger partial charge in [0.1, 0.15) is 0 Å². The smallest absolute Gasteiger partial charge is 0.261 e. The molecule has 140 valence electrons. The number of hydrogen-bond acceptors (Lipinski definition) is 3. The van der Waals surface area contributed by atoms with E-state index in [1.54, 1.807) is 18.2 Å². The maximum atomic E-state index is 12.2. The van der Waals surface area contributed by atoms with Crippen LogP contribution in [0.1, 0.15) is 59.0 Å². The van der Waals surface area contributed by atoms with Gasteiger partial charge in [0, 0.05) is 19.2 Å². The minimum Gasteiger partial charge on any atom is -0.326 e. The first kappa shape index (κ1) is 18.8. The van der Waals surface area contributed by atoms with Gasteiger partial charge in [-0.3, -0.25) is 19.3 Å². The molecule has 2 aromatic carbocycles. The van der Waals surface area contributed by atoms with Crippen LogP contribution in [0.4, 0.5) is 5.69 Å². The van der Waals surface area contributed by atoms with Gasteiger partial charge in [-0.2, -0.15) is 0 Å². The molecule has 0 bridgehead atoms. The summed E-state index contributed by atoms with van der Waals surface area (Å²) < 4.78 is 0. The molecule has 27 heavy (non-hydrogen) atoms. The first-order chi connectivity index (χ1) is 12.7. The van der Waals surface area contributed by atoms with Gasteiger partial charge >= 0.3 is 0 Å². The largest absolute Gasteiger partial charge is 0.326 e. The van der Waals surface area contributed by atoms with Crippen LogP contribution in [0.3, 0.4) is 0 Å². The Bertz CT molecular complexity index is 908. The molecule has 0 unspecified atom stereocenters. The Morgan fingerprint density at radius 3 is 2.22 bits per heavy atom. The quantitative estimate of drug-likeness (QED) is 0.840.